The first kappa shape index (κ1) is 21.8. The van der Waals surface area contributed by atoms with E-state index in [4.69, 9.17) is 4.74 Å². The standard InChI is InChI=1S/C24H31N3O3S/c1-30-22(28)24(14-6-3-7-15-24)21-25-16-20(31-21)17-10-12-19(13-11-17)27-23(29)26-18-8-4-2-5-9-18/h10-13,16,18H,2-9,14-15H2,1H3,(H2,26,27,29). The highest BCUT2D eigenvalue weighted by molar-refractivity contribution is 7.15. The lowest BCUT2D eigenvalue weighted by Gasteiger charge is -2.32. The van der Waals surface area contributed by atoms with Crippen molar-refractivity contribution in [2.75, 3.05) is 12.4 Å². The number of nitrogens with one attached hydrogen (secondary N) is 2. The molecule has 1 aromatic carbocycles. The Morgan fingerprint density at radius 1 is 1.03 bits per heavy atom. The van der Waals surface area contributed by atoms with E-state index < -0.39 is 5.41 Å². The molecule has 2 saturated carbocycles. The fourth-order valence-electron chi connectivity index (χ4n) is 4.80. The van der Waals surface area contributed by atoms with Crippen LogP contribution in [-0.4, -0.2) is 30.1 Å². The molecule has 0 bridgehead atoms. The predicted molar refractivity (Wildman–Crippen MR) is 123 cm³/mol. The fraction of sp³-hybridized carbons (Fsp3) is 0.542. The Labute approximate surface area is 187 Å². The molecular weight excluding hydrogens is 410 g/mol. The number of urea groups is 1. The van der Waals surface area contributed by atoms with Gasteiger partial charge in [-0.05, 0) is 43.4 Å². The number of thiazole rings is 1. The van der Waals surface area contributed by atoms with Gasteiger partial charge in [-0.25, -0.2) is 9.78 Å². The first-order valence-electron chi connectivity index (χ1n) is 11.3. The lowest BCUT2D eigenvalue weighted by molar-refractivity contribution is -0.149. The number of anilines is 1. The van der Waals surface area contributed by atoms with Crippen molar-refractivity contribution >= 4 is 29.0 Å². The molecule has 2 aromatic rings. The molecule has 0 saturated heterocycles. The van der Waals surface area contributed by atoms with Gasteiger partial charge in [0.25, 0.3) is 0 Å². The van der Waals surface area contributed by atoms with Gasteiger partial charge in [0.2, 0.25) is 0 Å². The topological polar surface area (TPSA) is 80.3 Å². The Kier molecular flexibility index (Phi) is 6.90. The highest BCUT2D eigenvalue weighted by atomic mass is 32.1. The van der Waals surface area contributed by atoms with Crippen LogP contribution in [0.1, 0.15) is 69.2 Å². The maximum Gasteiger partial charge on any atom is 0.319 e. The minimum atomic E-state index is -0.603. The van der Waals surface area contributed by atoms with Gasteiger partial charge in [0, 0.05) is 17.9 Å². The molecule has 2 amide bonds. The van der Waals surface area contributed by atoms with Crippen molar-refractivity contribution in [3.05, 3.63) is 35.5 Å². The van der Waals surface area contributed by atoms with Crippen LogP contribution in [0.3, 0.4) is 0 Å². The van der Waals surface area contributed by atoms with Crippen LogP contribution in [0.5, 0.6) is 0 Å². The van der Waals surface area contributed by atoms with Crippen molar-refractivity contribution in [3.8, 4) is 10.4 Å². The van der Waals surface area contributed by atoms with Gasteiger partial charge in [-0.3, -0.25) is 4.79 Å². The van der Waals surface area contributed by atoms with E-state index in [-0.39, 0.29) is 18.0 Å². The summed E-state index contributed by atoms with van der Waals surface area (Å²) in [5, 5.41) is 6.85. The van der Waals surface area contributed by atoms with Gasteiger partial charge in [-0.15, -0.1) is 11.3 Å². The van der Waals surface area contributed by atoms with Crippen molar-refractivity contribution in [2.45, 2.75) is 75.7 Å². The summed E-state index contributed by atoms with van der Waals surface area (Å²) in [6, 6.07) is 7.93. The number of benzene rings is 1. The van der Waals surface area contributed by atoms with Crippen molar-refractivity contribution in [3.63, 3.8) is 0 Å². The van der Waals surface area contributed by atoms with E-state index in [1.54, 1.807) is 11.3 Å². The molecule has 2 N–H and O–H groups in total. The predicted octanol–water partition coefficient (Wildman–Crippen LogP) is 5.64. The molecule has 0 unspecified atom stereocenters. The number of hydrogen-bond donors (Lipinski definition) is 2. The average molecular weight is 442 g/mol. The molecule has 31 heavy (non-hydrogen) atoms. The molecule has 7 heteroatoms. The second kappa shape index (κ2) is 9.81. The van der Waals surface area contributed by atoms with Gasteiger partial charge in [0.15, 0.2) is 0 Å². The maximum atomic E-state index is 12.6. The summed E-state index contributed by atoms with van der Waals surface area (Å²) in [6.45, 7) is 0. The van der Waals surface area contributed by atoms with E-state index >= 15 is 0 Å². The highest BCUT2D eigenvalue weighted by Gasteiger charge is 2.44. The third kappa shape index (κ3) is 4.92. The van der Waals surface area contributed by atoms with Crippen LogP contribution >= 0.6 is 11.3 Å². The highest BCUT2D eigenvalue weighted by Crippen LogP contribution is 2.43. The van der Waals surface area contributed by atoms with Gasteiger partial charge in [0.1, 0.15) is 10.4 Å². The molecule has 1 aromatic heterocycles. The van der Waals surface area contributed by atoms with Crippen molar-refractivity contribution in [1.82, 2.24) is 10.3 Å². The summed E-state index contributed by atoms with van der Waals surface area (Å²) in [5.74, 6) is -0.170. The first-order valence-corrected chi connectivity index (χ1v) is 12.1. The Morgan fingerprint density at radius 2 is 1.71 bits per heavy atom. The molecule has 0 atom stereocenters. The molecule has 2 aliphatic carbocycles. The largest absolute Gasteiger partial charge is 0.468 e. The van der Waals surface area contributed by atoms with Gasteiger partial charge in [-0.2, -0.15) is 0 Å². The Balaban J connectivity index is 1.43. The SMILES string of the molecule is COC(=O)C1(c2ncc(-c3ccc(NC(=O)NC4CCCCC4)cc3)s2)CCCCC1. The molecule has 4 rings (SSSR count). The first-order chi connectivity index (χ1) is 15.1. The molecule has 166 valence electrons. The molecule has 2 fully saturated rings. The normalized spacial score (nSPS) is 18.9. The summed E-state index contributed by atoms with van der Waals surface area (Å²) in [5.41, 5.74) is 1.19. The van der Waals surface area contributed by atoms with E-state index in [2.05, 4.69) is 15.6 Å². The number of methoxy groups -OCH3 is 1. The van der Waals surface area contributed by atoms with Crippen LogP contribution in [0, 0.1) is 0 Å². The zero-order valence-corrected chi connectivity index (χ0v) is 18.9. The van der Waals surface area contributed by atoms with E-state index in [0.29, 0.717) is 0 Å². The van der Waals surface area contributed by atoms with Gasteiger partial charge < -0.3 is 15.4 Å². The van der Waals surface area contributed by atoms with Crippen LogP contribution in [0.4, 0.5) is 10.5 Å². The van der Waals surface area contributed by atoms with Gasteiger partial charge >= 0.3 is 12.0 Å². The van der Waals surface area contributed by atoms with E-state index in [9.17, 15) is 9.59 Å². The third-order valence-corrected chi connectivity index (χ3v) is 7.82. The Bertz CT molecular complexity index is 897. The fourth-order valence-corrected chi connectivity index (χ4v) is 5.96. The average Bonchev–Trinajstić information content (AvgIpc) is 3.31. The number of carbonyl (C=O) groups excluding carboxylic acids is 2. The number of carbonyl (C=O) groups is 2. The quantitative estimate of drug-likeness (QED) is 0.589. The van der Waals surface area contributed by atoms with Crippen LogP contribution in [0.2, 0.25) is 0 Å². The number of hydrogen-bond acceptors (Lipinski definition) is 5. The van der Waals surface area contributed by atoms with E-state index in [1.807, 2.05) is 30.5 Å². The number of amides is 2. The monoisotopic (exact) mass is 441 g/mol. The summed E-state index contributed by atoms with van der Waals surface area (Å²) < 4.78 is 5.15. The van der Waals surface area contributed by atoms with Gasteiger partial charge in [-0.1, -0.05) is 50.7 Å². The van der Waals surface area contributed by atoms with Crippen molar-refractivity contribution in [2.24, 2.45) is 0 Å². The number of ether oxygens (including phenoxy) is 1. The number of rotatable bonds is 5. The van der Waals surface area contributed by atoms with Crippen molar-refractivity contribution in [1.29, 1.82) is 0 Å². The van der Waals surface area contributed by atoms with Crippen LogP contribution in [0.15, 0.2) is 30.5 Å². The Hall–Kier alpha value is -2.41. The van der Waals surface area contributed by atoms with Crippen LogP contribution in [-0.2, 0) is 14.9 Å². The van der Waals surface area contributed by atoms with Gasteiger partial charge in [0.05, 0.1) is 12.0 Å². The molecule has 0 radical (unpaired) electrons. The maximum absolute atomic E-state index is 12.6. The molecule has 0 spiro atoms. The molecule has 0 aliphatic heterocycles. The second-order valence-electron chi connectivity index (χ2n) is 8.67. The van der Waals surface area contributed by atoms with E-state index in [1.165, 1.54) is 26.4 Å². The summed E-state index contributed by atoms with van der Waals surface area (Å²) in [4.78, 5) is 30.5. The molecule has 1 heterocycles. The van der Waals surface area contributed by atoms with Crippen molar-refractivity contribution < 1.29 is 14.3 Å². The van der Waals surface area contributed by atoms with Crippen LogP contribution < -0.4 is 10.6 Å². The summed E-state index contributed by atoms with van der Waals surface area (Å²) in [6.07, 6.45) is 12.4. The number of aromatic nitrogens is 1. The van der Waals surface area contributed by atoms with E-state index in [0.717, 1.165) is 66.1 Å². The molecule has 6 nitrogen and oxygen atoms in total. The zero-order valence-electron chi connectivity index (χ0n) is 18.1. The Morgan fingerprint density at radius 3 is 2.39 bits per heavy atom. The lowest BCUT2D eigenvalue weighted by Crippen LogP contribution is -2.38. The smallest absolute Gasteiger partial charge is 0.319 e. The number of esters is 1. The summed E-state index contributed by atoms with van der Waals surface area (Å²) in [7, 11) is 1.46. The van der Waals surface area contributed by atoms with Crippen LogP contribution in [0.25, 0.3) is 10.4 Å². The lowest BCUT2D eigenvalue weighted by atomic mass is 9.74. The minimum absolute atomic E-state index is 0.142. The minimum Gasteiger partial charge on any atom is -0.468 e. The molecule has 2 aliphatic rings. The summed E-state index contributed by atoms with van der Waals surface area (Å²) >= 11 is 1.57. The second-order valence-corrected chi connectivity index (χ2v) is 9.71. The molecular formula is C24H31N3O3S. The number of nitrogens with zero attached hydrogens (tertiary/aromatic N) is 1. The third-order valence-electron chi connectivity index (χ3n) is 6.57. The zero-order chi connectivity index (χ0) is 21.7.